The van der Waals surface area contributed by atoms with E-state index in [4.69, 9.17) is 4.74 Å². The second-order valence-corrected chi connectivity index (χ2v) is 3.97. The van der Waals surface area contributed by atoms with Gasteiger partial charge in [-0.2, -0.15) is 0 Å². The molecule has 0 amide bonds. The summed E-state index contributed by atoms with van der Waals surface area (Å²) in [6.45, 7) is 0.110. The topological polar surface area (TPSA) is 65.5 Å². The summed E-state index contributed by atoms with van der Waals surface area (Å²) < 4.78 is 9.70. The van der Waals surface area contributed by atoms with Crippen molar-refractivity contribution in [2.75, 3.05) is 7.11 Å². The molecule has 2 aromatic rings. The van der Waals surface area contributed by atoms with E-state index in [1.807, 2.05) is 6.07 Å². The number of aromatic nitrogens is 1. The van der Waals surface area contributed by atoms with Gasteiger partial charge in [-0.25, -0.2) is 9.59 Å². The highest BCUT2D eigenvalue weighted by molar-refractivity contribution is 5.93. The molecular formula is C15H13NO4. The minimum Gasteiger partial charge on any atom is -0.465 e. The Hall–Kier alpha value is -2.69. The van der Waals surface area contributed by atoms with Crippen LogP contribution in [0.2, 0.25) is 0 Å². The quantitative estimate of drug-likeness (QED) is 0.798. The lowest BCUT2D eigenvalue weighted by molar-refractivity contribution is 0.0466. The van der Waals surface area contributed by atoms with Gasteiger partial charge in [0.25, 0.3) is 0 Å². The van der Waals surface area contributed by atoms with Crippen LogP contribution in [0.4, 0.5) is 0 Å². The average Bonchev–Trinajstić information content (AvgIpc) is 2.53. The average molecular weight is 271 g/mol. The highest BCUT2D eigenvalue weighted by atomic mass is 16.5. The molecule has 0 fully saturated rings. The van der Waals surface area contributed by atoms with Gasteiger partial charge in [-0.1, -0.05) is 6.07 Å². The van der Waals surface area contributed by atoms with Crippen LogP contribution in [0.25, 0.3) is 0 Å². The van der Waals surface area contributed by atoms with Gasteiger partial charge in [0, 0.05) is 6.20 Å². The van der Waals surface area contributed by atoms with Crippen molar-refractivity contribution in [3.8, 4) is 0 Å². The molecule has 20 heavy (non-hydrogen) atoms. The van der Waals surface area contributed by atoms with Gasteiger partial charge in [0.05, 0.1) is 23.9 Å². The largest absolute Gasteiger partial charge is 0.465 e. The molecule has 0 radical (unpaired) electrons. The molecule has 102 valence electrons. The van der Waals surface area contributed by atoms with Gasteiger partial charge in [-0.3, -0.25) is 4.98 Å². The summed E-state index contributed by atoms with van der Waals surface area (Å²) in [6, 6.07) is 11.5. The first-order valence-corrected chi connectivity index (χ1v) is 5.96. The molecule has 0 aliphatic rings. The number of hydrogen-bond donors (Lipinski definition) is 0. The fourth-order valence-electron chi connectivity index (χ4n) is 1.57. The minimum absolute atomic E-state index is 0.110. The lowest BCUT2D eigenvalue weighted by atomic mass is 10.1. The molecule has 5 nitrogen and oxygen atoms in total. The summed E-state index contributed by atoms with van der Waals surface area (Å²) in [7, 11) is 1.30. The maximum atomic E-state index is 11.8. The number of nitrogens with zero attached hydrogens (tertiary/aromatic N) is 1. The fraction of sp³-hybridized carbons (Fsp3) is 0.133. The number of carbonyl (C=O) groups excluding carboxylic acids is 2. The van der Waals surface area contributed by atoms with E-state index in [0.29, 0.717) is 16.8 Å². The Bertz CT molecular complexity index is 593. The maximum absolute atomic E-state index is 11.8. The highest BCUT2D eigenvalue weighted by Crippen LogP contribution is 2.08. The first-order valence-electron chi connectivity index (χ1n) is 5.96. The van der Waals surface area contributed by atoms with Crippen LogP contribution < -0.4 is 0 Å². The molecular weight excluding hydrogens is 258 g/mol. The molecule has 0 saturated heterocycles. The fourth-order valence-corrected chi connectivity index (χ4v) is 1.57. The normalized spacial score (nSPS) is 9.85. The zero-order valence-electron chi connectivity index (χ0n) is 10.9. The molecule has 1 aromatic heterocycles. The van der Waals surface area contributed by atoms with E-state index in [-0.39, 0.29) is 6.61 Å². The summed E-state index contributed by atoms with van der Waals surface area (Å²) >= 11 is 0. The number of methoxy groups -OCH3 is 1. The summed E-state index contributed by atoms with van der Waals surface area (Å²) in [5, 5.41) is 0. The predicted molar refractivity (Wildman–Crippen MR) is 71.1 cm³/mol. The number of esters is 2. The van der Waals surface area contributed by atoms with E-state index in [2.05, 4.69) is 9.72 Å². The lowest BCUT2D eigenvalue weighted by Gasteiger charge is -2.05. The van der Waals surface area contributed by atoms with Gasteiger partial charge in [-0.15, -0.1) is 0 Å². The second kappa shape index (κ2) is 6.47. The lowest BCUT2D eigenvalue weighted by Crippen LogP contribution is -2.07. The van der Waals surface area contributed by atoms with E-state index in [9.17, 15) is 9.59 Å². The molecule has 0 saturated carbocycles. The number of benzene rings is 1. The molecule has 1 heterocycles. The van der Waals surface area contributed by atoms with Crippen molar-refractivity contribution in [2.45, 2.75) is 6.61 Å². The SMILES string of the molecule is COC(=O)c1ccc(C(=O)OCc2ccccn2)cc1. The molecule has 0 unspecified atom stereocenters. The van der Waals surface area contributed by atoms with E-state index in [0.717, 1.165) is 0 Å². The predicted octanol–water partition coefficient (Wildman–Crippen LogP) is 2.23. The van der Waals surface area contributed by atoms with Crippen molar-refractivity contribution < 1.29 is 19.1 Å². The highest BCUT2D eigenvalue weighted by Gasteiger charge is 2.10. The molecule has 5 heteroatoms. The molecule has 0 aliphatic heterocycles. The van der Waals surface area contributed by atoms with Gasteiger partial charge >= 0.3 is 11.9 Å². The first-order chi connectivity index (χ1) is 9.70. The third-order valence-electron chi connectivity index (χ3n) is 2.62. The van der Waals surface area contributed by atoms with E-state index >= 15 is 0 Å². The summed E-state index contributed by atoms with van der Waals surface area (Å²) in [5.74, 6) is -0.912. The van der Waals surface area contributed by atoms with E-state index < -0.39 is 11.9 Å². The number of rotatable bonds is 4. The molecule has 0 bridgehead atoms. The van der Waals surface area contributed by atoms with Gasteiger partial charge in [0.2, 0.25) is 0 Å². The molecule has 0 aliphatic carbocycles. The van der Waals surface area contributed by atoms with E-state index in [1.54, 1.807) is 18.3 Å². The van der Waals surface area contributed by atoms with Crippen molar-refractivity contribution in [2.24, 2.45) is 0 Å². The van der Waals surface area contributed by atoms with E-state index in [1.165, 1.54) is 31.4 Å². The smallest absolute Gasteiger partial charge is 0.338 e. The number of pyridine rings is 1. The van der Waals surface area contributed by atoms with Gasteiger partial charge in [-0.05, 0) is 36.4 Å². The van der Waals surface area contributed by atoms with Crippen LogP contribution in [0.15, 0.2) is 48.7 Å². The number of carbonyl (C=O) groups is 2. The number of hydrogen-bond acceptors (Lipinski definition) is 5. The van der Waals surface area contributed by atoms with Crippen molar-refractivity contribution in [1.82, 2.24) is 4.98 Å². The Morgan fingerprint density at radius 1 is 1.00 bits per heavy atom. The Labute approximate surface area is 116 Å². The first kappa shape index (κ1) is 13.7. The van der Waals surface area contributed by atoms with Crippen LogP contribution in [0, 0.1) is 0 Å². The van der Waals surface area contributed by atoms with Crippen LogP contribution in [0.1, 0.15) is 26.4 Å². The van der Waals surface area contributed by atoms with Crippen LogP contribution in [0.3, 0.4) is 0 Å². The molecule has 2 rings (SSSR count). The van der Waals surface area contributed by atoms with Gasteiger partial charge < -0.3 is 9.47 Å². The third kappa shape index (κ3) is 3.41. The van der Waals surface area contributed by atoms with Gasteiger partial charge in [0.15, 0.2) is 0 Å². The monoisotopic (exact) mass is 271 g/mol. The Balaban J connectivity index is 1.97. The van der Waals surface area contributed by atoms with Crippen LogP contribution in [-0.2, 0) is 16.1 Å². The summed E-state index contributed by atoms with van der Waals surface area (Å²) in [6.07, 6.45) is 1.63. The van der Waals surface area contributed by atoms with Gasteiger partial charge in [0.1, 0.15) is 6.61 Å². The third-order valence-corrected chi connectivity index (χ3v) is 2.62. The molecule has 0 spiro atoms. The van der Waals surface area contributed by atoms with Crippen molar-refractivity contribution >= 4 is 11.9 Å². The minimum atomic E-state index is -0.466. The number of ether oxygens (including phenoxy) is 2. The Kier molecular flexibility index (Phi) is 4.44. The zero-order valence-corrected chi connectivity index (χ0v) is 10.9. The van der Waals surface area contributed by atoms with Crippen molar-refractivity contribution in [3.63, 3.8) is 0 Å². The molecule has 1 aromatic carbocycles. The van der Waals surface area contributed by atoms with Crippen LogP contribution in [0.5, 0.6) is 0 Å². The maximum Gasteiger partial charge on any atom is 0.338 e. The summed E-state index contributed by atoms with van der Waals surface area (Å²) in [4.78, 5) is 27.1. The molecule has 0 N–H and O–H groups in total. The van der Waals surface area contributed by atoms with Crippen molar-refractivity contribution in [3.05, 3.63) is 65.5 Å². The molecule has 0 atom stereocenters. The Morgan fingerprint density at radius 3 is 2.20 bits per heavy atom. The standard InChI is InChI=1S/C15H13NO4/c1-19-14(17)11-5-7-12(8-6-11)15(18)20-10-13-4-2-3-9-16-13/h2-9H,10H2,1H3. The zero-order chi connectivity index (χ0) is 14.4. The second-order valence-electron chi connectivity index (χ2n) is 3.97. The Morgan fingerprint density at radius 2 is 1.65 bits per heavy atom. The summed E-state index contributed by atoms with van der Waals surface area (Å²) in [5.41, 5.74) is 1.43. The van der Waals surface area contributed by atoms with Crippen molar-refractivity contribution in [1.29, 1.82) is 0 Å². The van der Waals surface area contributed by atoms with Crippen LogP contribution >= 0.6 is 0 Å². The van der Waals surface area contributed by atoms with Crippen LogP contribution in [-0.4, -0.2) is 24.0 Å².